The average Bonchev–Trinajstić information content (AvgIpc) is 3.04. The molecule has 0 amide bonds. The second kappa shape index (κ2) is 6.09. The molecule has 24 heavy (non-hydrogen) atoms. The summed E-state index contributed by atoms with van der Waals surface area (Å²) in [6, 6.07) is 12.0. The summed E-state index contributed by atoms with van der Waals surface area (Å²) in [5.74, 6) is 0.574. The van der Waals surface area contributed by atoms with Gasteiger partial charge in [-0.2, -0.15) is 18.3 Å². The van der Waals surface area contributed by atoms with E-state index in [0.29, 0.717) is 5.82 Å². The van der Waals surface area contributed by atoms with Crippen LogP contribution in [0.1, 0.15) is 28.6 Å². The van der Waals surface area contributed by atoms with Crippen LogP contribution in [0.4, 0.5) is 13.2 Å². The van der Waals surface area contributed by atoms with Gasteiger partial charge in [-0.3, -0.25) is 5.10 Å². The number of halogens is 3. The zero-order valence-corrected chi connectivity index (χ0v) is 12.8. The van der Waals surface area contributed by atoms with Crippen LogP contribution in [-0.4, -0.2) is 15.2 Å². The van der Waals surface area contributed by atoms with E-state index in [0.717, 1.165) is 23.3 Å². The molecule has 0 saturated heterocycles. The summed E-state index contributed by atoms with van der Waals surface area (Å²) < 4.78 is 38.4. The van der Waals surface area contributed by atoms with E-state index in [1.54, 1.807) is 0 Å². The first kappa shape index (κ1) is 16.2. The summed E-state index contributed by atoms with van der Waals surface area (Å²) in [6.07, 6.45) is -4.41. The first-order chi connectivity index (χ1) is 11.3. The Kier molecular flexibility index (Phi) is 4.11. The predicted octanol–water partition coefficient (Wildman–Crippen LogP) is 3.85. The van der Waals surface area contributed by atoms with E-state index in [1.807, 2.05) is 31.2 Å². The van der Waals surface area contributed by atoms with E-state index >= 15 is 0 Å². The number of H-pyrrole nitrogens is 1. The Bertz CT molecular complexity index is 838. The van der Waals surface area contributed by atoms with Crippen LogP contribution in [0.5, 0.6) is 0 Å². The standard InChI is InChI=1S/C17H15F3N4/c1-10-5-7-11(8-6-10)14(21)16-22-15(23-24-16)12-3-2-4-13(9-12)17(18,19)20/h2-9,14H,21H2,1H3,(H,22,23,24). The second-order valence-electron chi connectivity index (χ2n) is 5.51. The number of hydrogen-bond acceptors (Lipinski definition) is 3. The van der Waals surface area contributed by atoms with Gasteiger partial charge in [0.05, 0.1) is 11.6 Å². The van der Waals surface area contributed by atoms with Crippen molar-refractivity contribution in [3.63, 3.8) is 0 Å². The maximum Gasteiger partial charge on any atom is 0.416 e. The van der Waals surface area contributed by atoms with Gasteiger partial charge in [0.1, 0.15) is 5.82 Å². The number of aromatic nitrogens is 3. The molecular formula is C17H15F3N4. The van der Waals surface area contributed by atoms with Crippen molar-refractivity contribution in [2.75, 3.05) is 0 Å². The third kappa shape index (κ3) is 3.30. The van der Waals surface area contributed by atoms with Crippen LogP contribution in [-0.2, 0) is 6.18 Å². The molecule has 1 aromatic heterocycles. The number of rotatable bonds is 3. The lowest BCUT2D eigenvalue weighted by molar-refractivity contribution is -0.137. The lowest BCUT2D eigenvalue weighted by atomic mass is 10.1. The van der Waals surface area contributed by atoms with Gasteiger partial charge < -0.3 is 5.73 Å². The normalized spacial score (nSPS) is 13.0. The van der Waals surface area contributed by atoms with E-state index in [1.165, 1.54) is 12.1 Å². The zero-order chi connectivity index (χ0) is 17.3. The molecule has 4 nitrogen and oxygen atoms in total. The van der Waals surface area contributed by atoms with Gasteiger partial charge in [-0.15, -0.1) is 0 Å². The number of benzene rings is 2. The average molecular weight is 332 g/mol. The minimum absolute atomic E-state index is 0.179. The van der Waals surface area contributed by atoms with Crippen LogP contribution in [0.15, 0.2) is 48.5 Å². The van der Waals surface area contributed by atoms with Crippen LogP contribution in [0, 0.1) is 6.92 Å². The Balaban J connectivity index is 1.89. The summed E-state index contributed by atoms with van der Waals surface area (Å²) in [6.45, 7) is 1.97. The maximum absolute atomic E-state index is 12.8. The van der Waals surface area contributed by atoms with E-state index in [9.17, 15) is 13.2 Å². The molecular weight excluding hydrogens is 317 g/mol. The van der Waals surface area contributed by atoms with Crippen molar-refractivity contribution < 1.29 is 13.2 Å². The number of alkyl halides is 3. The Hall–Kier alpha value is -2.67. The summed E-state index contributed by atoms with van der Waals surface area (Å²) >= 11 is 0. The molecule has 0 bridgehead atoms. The lowest BCUT2D eigenvalue weighted by Crippen LogP contribution is -2.13. The van der Waals surface area contributed by atoms with Crippen molar-refractivity contribution in [2.24, 2.45) is 5.73 Å². The number of hydrogen-bond donors (Lipinski definition) is 2. The number of aromatic amines is 1. The van der Waals surface area contributed by atoms with E-state index in [4.69, 9.17) is 5.73 Å². The molecule has 1 atom stereocenters. The van der Waals surface area contributed by atoms with E-state index < -0.39 is 17.8 Å². The van der Waals surface area contributed by atoms with Crippen molar-refractivity contribution in [1.82, 2.24) is 15.2 Å². The fourth-order valence-electron chi connectivity index (χ4n) is 2.31. The first-order valence-electron chi connectivity index (χ1n) is 7.26. The molecule has 0 spiro atoms. The Morgan fingerprint density at radius 2 is 1.79 bits per heavy atom. The third-order valence-electron chi connectivity index (χ3n) is 3.68. The van der Waals surface area contributed by atoms with Crippen molar-refractivity contribution in [3.8, 4) is 11.4 Å². The van der Waals surface area contributed by atoms with Crippen LogP contribution < -0.4 is 5.73 Å². The summed E-state index contributed by atoms with van der Waals surface area (Å²) in [7, 11) is 0. The number of nitrogens with zero attached hydrogens (tertiary/aromatic N) is 2. The molecule has 3 rings (SSSR count). The van der Waals surface area contributed by atoms with Crippen molar-refractivity contribution in [3.05, 3.63) is 71.0 Å². The Morgan fingerprint density at radius 1 is 1.08 bits per heavy atom. The van der Waals surface area contributed by atoms with Crippen LogP contribution in [0.2, 0.25) is 0 Å². The molecule has 0 fully saturated rings. The number of nitrogens with two attached hydrogens (primary N) is 1. The van der Waals surface area contributed by atoms with Crippen molar-refractivity contribution in [1.29, 1.82) is 0 Å². The van der Waals surface area contributed by atoms with Crippen molar-refractivity contribution in [2.45, 2.75) is 19.1 Å². The zero-order valence-electron chi connectivity index (χ0n) is 12.8. The smallest absolute Gasteiger partial charge is 0.318 e. The van der Waals surface area contributed by atoms with Crippen LogP contribution >= 0.6 is 0 Å². The van der Waals surface area contributed by atoms with Gasteiger partial charge in [-0.1, -0.05) is 42.0 Å². The quantitative estimate of drug-likeness (QED) is 0.765. The molecule has 7 heteroatoms. The fraction of sp³-hybridized carbons (Fsp3) is 0.176. The summed E-state index contributed by atoms with van der Waals surface area (Å²) in [4.78, 5) is 4.24. The molecule has 2 aromatic carbocycles. The molecule has 0 saturated carbocycles. The van der Waals surface area contributed by atoms with Gasteiger partial charge >= 0.3 is 6.18 Å². The Morgan fingerprint density at radius 3 is 2.46 bits per heavy atom. The maximum atomic E-state index is 12.8. The van der Waals surface area contributed by atoms with Gasteiger partial charge in [0.2, 0.25) is 0 Å². The summed E-state index contributed by atoms with van der Waals surface area (Å²) in [5.41, 5.74) is 7.63. The minimum Gasteiger partial charge on any atom is -0.318 e. The molecule has 0 aliphatic heterocycles. The highest BCUT2D eigenvalue weighted by Crippen LogP contribution is 2.31. The molecule has 3 aromatic rings. The highest BCUT2D eigenvalue weighted by atomic mass is 19.4. The topological polar surface area (TPSA) is 67.6 Å². The summed E-state index contributed by atoms with van der Waals surface area (Å²) in [5, 5.41) is 6.70. The van der Waals surface area contributed by atoms with Gasteiger partial charge in [0.25, 0.3) is 0 Å². The number of aryl methyl sites for hydroxylation is 1. The number of nitrogens with one attached hydrogen (secondary N) is 1. The van der Waals surface area contributed by atoms with Gasteiger partial charge in [0.15, 0.2) is 5.82 Å². The first-order valence-corrected chi connectivity index (χ1v) is 7.26. The molecule has 0 aliphatic rings. The highest BCUT2D eigenvalue weighted by Gasteiger charge is 2.30. The van der Waals surface area contributed by atoms with Gasteiger partial charge in [0, 0.05) is 5.56 Å². The largest absolute Gasteiger partial charge is 0.416 e. The third-order valence-corrected chi connectivity index (χ3v) is 3.68. The molecule has 0 aliphatic carbocycles. The predicted molar refractivity (Wildman–Crippen MR) is 84.0 cm³/mol. The van der Waals surface area contributed by atoms with Gasteiger partial charge in [-0.25, -0.2) is 4.98 Å². The van der Waals surface area contributed by atoms with Crippen molar-refractivity contribution >= 4 is 0 Å². The highest BCUT2D eigenvalue weighted by molar-refractivity contribution is 5.56. The molecule has 3 N–H and O–H groups in total. The molecule has 124 valence electrons. The second-order valence-corrected chi connectivity index (χ2v) is 5.51. The minimum atomic E-state index is -4.41. The monoisotopic (exact) mass is 332 g/mol. The van der Waals surface area contributed by atoms with Crippen LogP contribution in [0.25, 0.3) is 11.4 Å². The molecule has 0 radical (unpaired) electrons. The lowest BCUT2D eigenvalue weighted by Gasteiger charge is -2.08. The Labute approximate surface area is 136 Å². The molecule has 1 heterocycles. The van der Waals surface area contributed by atoms with E-state index in [-0.39, 0.29) is 11.4 Å². The van der Waals surface area contributed by atoms with Crippen LogP contribution in [0.3, 0.4) is 0 Å². The van der Waals surface area contributed by atoms with E-state index in [2.05, 4.69) is 15.2 Å². The van der Waals surface area contributed by atoms with Gasteiger partial charge in [-0.05, 0) is 24.6 Å². The fourth-order valence-corrected chi connectivity index (χ4v) is 2.31. The molecule has 1 unspecified atom stereocenters. The SMILES string of the molecule is Cc1ccc(C(N)c2nc(-c3cccc(C(F)(F)F)c3)n[nH]2)cc1.